The summed E-state index contributed by atoms with van der Waals surface area (Å²) < 4.78 is 0. The fourth-order valence-corrected chi connectivity index (χ4v) is 5.46. The minimum atomic E-state index is 0.463. The second-order valence-corrected chi connectivity index (χ2v) is 7.47. The van der Waals surface area contributed by atoms with Gasteiger partial charge in [-0.15, -0.1) is 11.8 Å². The van der Waals surface area contributed by atoms with Gasteiger partial charge in [0.15, 0.2) is 0 Å². The van der Waals surface area contributed by atoms with Gasteiger partial charge in [0.05, 0.1) is 5.25 Å². The SMILES string of the molecule is CCC1SCCSC1c1nc(C)c(CNC)c(C)n1. The van der Waals surface area contributed by atoms with E-state index < -0.39 is 0 Å². The molecular weight excluding hydrogens is 274 g/mol. The van der Waals surface area contributed by atoms with Gasteiger partial charge < -0.3 is 5.32 Å². The molecule has 0 spiro atoms. The average molecular weight is 297 g/mol. The van der Waals surface area contributed by atoms with Crippen molar-refractivity contribution in [3.63, 3.8) is 0 Å². The monoisotopic (exact) mass is 297 g/mol. The fourth-order valence-electron chi connectivity index (χ4n) is 2.47. The molecule has 19 heavy (non-hydrogen) atoms. The molecule has 1 aliphatic rings. The van der Waals surface area contributed by atoms with E-state index in [0.717, 1.165) is 23.8 Å². The summed E-state index contributed by atoms with van der Waals surface area (Å²) in [5.41, 5.74) is 3.50. The highest BCUT2D eigenvalue weighted by Gasteiger charge is 2.29. The molecule has 2 heterocycles. The summed E-state index contributed by atoms with van der Waals surface area (Å²) in [6.07, 6.45) is 1.20. The van der Waals surface area contributed by atoms with Gasteiger partial charge in [-0.3, -0.25) is 0 Å². The first kappa shape index (κ1) is 15.1. The quantitative estimate of drug-likeness (QED) is 0.924. The molecular formula is C14H23N3S2. The van der Waals surface area contributed by atoms with Crippen LogP contribution in [0.2, 0.25) is 0 Å². The van der Waals surface area contributed by atoms with Crippen molar-refractivity contribution in [3.8, 4) is 0 Å². The molecule has 2 atom stereocenters. The molecule has 0 bridgehead atoms. The summed E-state index contributed by atoms with van der Waals surface area (Å²) in [5, 5.41) is 4.32. The molecule has 0 aliphatic carbocycles. The Morgan fingerprint density at radius 2 is 1.79 bits per heavy atom. The second kappa shape index (κ2) is 6.95. The zero-order valence-electron chi connectivity index (χ0n) is 12.2. The molecule has 1 saturated heterocycles. The average Bonchev–Trinajstić information content (AvgIpc) is 2.42. The Balaban J connectivity index is 2.29. The summed E-state index contributed by atoms with van der Waals surface area (Å²) in [7, 11) is 1.97. The van der Waals surface area contributed by atoms with Crippen LogP contribution in [-0.4, -0.2) is 33.8 Å². The van der Waals surface area contributed by atoms with E-state index in [1.165, 1.54) is 23.5 Å². The van der Waals surface area contributed by atoms with Crippen LogP contribution in [0.3, 0.4) is 0 Å². The van der Waals surface area contributed by atoms with Gasteiger partial charge in [0.25, 0.3) is 0 Å². The Morgan fingerprint density at radius 3 is 2.37 bits per heavy atom. The molecule has 0 aromatic carbocycles. The molecule has 0 amide bonds. The van der Waals surface area contributed by atoms with Crippen LogP contribution in [0, 0.1) is 13.8 Å². The zero-order valence-corrected chi connectivity index (χ0v) is 13.8. The number of thioether (sulfide) groups is 2. The van der Waals surface area contributed by atoms with Gasteiger partial charge in [0.2, 0.25) is 0 Å². The number of nitrogens with one attached hydrogen (secondary N) is 1. The van der Waals surface area contributed by atoms with E-state index in [0.29, 0.717) is 10.5 Å². The first-order valence-electron chi connectivity index (χ1n) is 6.89. The van der Waals surface area contributed by atoms with Gasteiger partial charge >= 0.3 is 0 Å². The Labute approximate surface area is 124 Å². The summed E-state index contributed by atoms with van der Waals surface area (Å²) in [6, 6.07) is 0. The largest absolute Gasteiger partial charge is 0.316 e. The topological polar surface area (TPSA) is 37.8 Å². The maximum Gasteiger partial charge on any atom is 0.142 e. The highest BCUT2D eigenvalue weighted by Crippen LogP contribution is 2.42. The van der Waals surface area contributed by atoms with Crippen LogP contribution in [-0.2, 0) is 6.54 Å². The van der Waals surface area contributed by atoms with Crippen molar-refractivity contribution in [1.82, 2.24) is 15.3 Å². The van der Waals surface area contributed by atoms with E-state index in [1.807, 2.05) is 18.8 Å². The predicted octanol–water partition coefficient (Wildman–Crippen LogP) is 3.11. The standard InChI is InChI=1S/C14H23N3S2/c1-5-12-13(19-7-6-18-12)14-16-9(2)11(8-15-4)10(3)17-14/h12-13,15H,5-8H2,1-4H3. The van der Waals surface area contributed by atoms with Gasteiger partial charge in [-0.05, 0) is 27.3 Å². The van der Waals surface area contributed by atoms with Gasteiger partial charge in [-0.25, -0.2) is 9.97 Å². The third kappa shape index (κ3) is 3.44. The Hall–Kier alpha value is -0.260. The summed E-state index contributed by atoms with van der Waals surface area (Å²) in [4.78, 5) is 9.58. The van der Waals surface area contributed by atoms with Crippen molar-refractivity contribution >= 4 is 23.5 Å². The molecule has 0 saturated carbocycles. The number of rotatable bonds is 4. The molecule has 2 rings (SSSR count). The van der Waals surface area contributed by atoms with Crippen molar-refractivity contribution in [2.45, 2.75) is 44.2 Å². The minimum absolute atomic E-state index is 0.463. The molecule has 1 aromatic rings. The number of aryl methyl sites for hydroxylation is 2. The summed E-state index contributed by atoms with van der Waals surface area (Å²) in [6.45, 7) is 7.33. The Morgan fingerprint density at radius 1 is 1.16 bits per heavy atom. The van der Waals surface area contributed by atoms with E-state index in [2.05, 4.69) is 37.8 Å². The van der Waals surface area contributed by atoms with E-state index in [1.54, 1.807) is 0 Å². The van der Waals surface area contributed by atoms with Crippen LogP contribution < -0.4 is 5.32 Å². The van der Waals surface area contributed by atoms with Crippen LogP contribution in [0.15, 0.2) is 0 Å². The smallest absolute Gasteiger partial charge is 0.142 e. The Bertz CT molecular complexity index is 414. The van der Waals surface area contributed by atoms with Crippen LogP contribution in [0.1, 0.15) is 41.4 Å². The van der Waals surface area contributed by atoms with Crippen molar-refractivity contribution < 1.29 is 0 Å². The van der Waals surface area contributed by atoms with Gasteiger partial charge in [-0.2, -0.15) is 11.8 Å². The lowest BCUT2D eigenvalue weighted by Crippen LogP contribution is -2.22. The van der Waals surface area contributed by atoms with Gasteiger partial charge in [0, 0.05) is 40.3 Å². The number of hydrogen-bond acceptors (Lipinski definition) is 5. The van der Waals surface area contributed by atoms with Crippen molar-refractivity contribution in [1.29, 1.82) is 0 Å². The molecule has 1 aliphatic heterocycles. The maximum absolute atomic E-state index is 4.79. The van der Waals surface area contributed by atoms with Crippen molar-refractivity contribution in [3.05, 3.63) is 22.8 Å². The lowest BCUT2D eigenvalue weighted by Gasteiger charge is -2.29. The predicted molar refractivity (Wildman–Crippen MR) is 86.0 cm³/mol. The van der Waals surface area contributed by atoms with Crippen molar-refractivity contribution in [2.75, 3.05) is 18.6 Å². The molecule has 2 unspecified atom stereocenters. The van der Waals surface area contributed by atoms with Crippen LogP contribution in [0.4, 0.5) is 0 Å². The fraction of sp³-hybridized carbons (Fsp3) is 0.714. The molecule has 3 nitrogen and oxygen atoms in total. The third-order valence-corrected chi connectivity index (χ3v) is 6.74. The highest BCUT2D eigenvalue weighted by molar-refractivity contribution is 8.06. The first-order chi connectivity index (χ1) is 9.17. The van der Waals surface area contributed by atoms with E-state index in [9.17, 15) is 0 Å². The maximum atomic E-state index is 4.79. The van der Waals surface area contributed by atoms with E-state index in [-0.39, 0.29) is 0 Å². The minimum Gasteiger partial charge on any atom is -0.316 e. The Kier molecular flexibility index (Phi) is 5.54. The van der Waals surface area contributed by atoms with Gasteiger partial charge in [-0.1, -0.05) is 6.92 Å². The van der Waals surface area contributed by atoms with Crippen LogP contribution >= 0.6 is 23.5 Å². The summed E-state index contributed by atoms with van der Waals surface area (Å²) >= 11 is 4.10. The number of aromatic nitrogens is 2. The normalized spacial score (nSPS) is 23.6. The molecule has 1 aromatic heterocycles. The van der Waals surface area contributed by atoms with Crippen LogP contribution in [0.5, 0.6) is 0 Å². The highest BCUT2D eigenvalue weighted by atomic mass is 32.2. The molecule has 106 valence electrons. The molecule has 1 N–H and O–H groups in total. The van der Waals surface area contributed by atoms with Crippen LogP contribution in [0.25, 0.3) is 0 Å². The lowest BCUT2D eigenvalue weighted by atomic mass is 10.1. The summed E-state index contributed by atoms with van der Waals surface area (Å²) in [5.74, 6) is 3.51. The first-order valence-corrected chi connectivity index (χ1v) is 8.99. The van der Waals surface area contributed by atoms with Gasteiger partial charge in [0.1, 0.15) is 5.82 Å². The number of nitrogens with zero attached hydrogens (tertiary/aromatic N) is 2. The second-order valence-electron chi connectivity index (χ2n) is 4.87. The van der Waals surface area contributed by atoms with E-state index >= 15 is 0 Å². The molecule has 1 fully saturated rings. The molecule has 5 heteroatoms. The van der Waals surface area contributed by atoms with Crippen molar-refractivity contribution in [2.24, 2.45) is 0 Å². The lowest BCUT2D eigenvalue weighted by molar-refractivity contribution is 0.721. The zero-order chi connectivity index (χ0) is 13.8. The number of hydrogen-bond donors (Lipinski definition) is 1. The molecule has 0 radical (unpaired) electrons. The third-order valence-electron chi connectivity index (χ3n) is 3.50. The van der Waals surface area contributed by atoms with E-state index in [4.69, 9.17) is 9.97 Å².